The van der Waals surface area contributed by atoms with Crippen LogP contribution < -0.4 is 9.62 Å². The molecule has 10 heteroatoms. The van der Waals surface area contributed by atoms with E-state index in [0.717, 1.165) is 35.8 Å². The lowest BCUT2D eigenvalue weighted by Crippen LogP contribution is -2.33. The second-order valence-corrected chi connectivity index (χ2v) is 12.2. The number of hydrogen-bond donors (Lipinski definition) is 2. The van der Waals surface area contributed by atoms with Crippen molar-refractivity contribution < 1.29 is 27.5 Å². The highest BCUT2D eigenvalue weighted by Gasteiger charge is 2.49. The number of aryl methyl sites for hydroxylation is 1. The third-order valence-corrected chi connectivity index (χ3v) is 8.59. The van der Waals surface area contributed by atoms with E-state index in [1.807, 2.05) is 37.3 Å². The number of anilines is 1. The minimum Gasteiger partial charge on any atom is -0.481 e. The number of carbonyl (C=O) groups is 2. The summed E-state index contributed by atoms with van der Waals surface area (Å²) in [5.41, 5.74) is 2.37. The first-order valence-corrected chi connectivity index (χ1v) is 14.4. The Morgan fingerprint density at radius 2 is 1.89 bits per heavy atom. The maximum Gasteiger partial charge on any atom is 0.309 e. The van der Waals surface area contributed by atoms with Crippen molar-refractivity contribution in [2.75, 3.05) is 24.2 Å². The SMILES string of the molecule is CNC(=O)c1c(-c2ccc(C)cc2)oc2nc(N(CCCC3(C(=O)O)CC3)S(C)(=O)=O)c(C3CC3)cc12. The van der Waals surface area contributed by atoms with Gasteiger partial charge in [-0.2, -0.15) is 4.98 Å². The maximum atomic E-state index is 13.0. The van der Waals surface area contributed by atoms with E-state index in [-0.39, 0.29) is 24.1 Å². The number of aliphatic carboxylic acids is 1. The third-order valence-electron chi connectivity index (χ3n) is 7.44. The van der Waals surface area contributed by atoms with Crippen molar-refractivity contribution in [1.29, 1.82) is 0 Å². The largest absolute Gasteiger partial charge is 0.481 e. The standard InChI is InChI=1S/C27H31N3O6S/c1-16-5-7-18(8-6-16)22-21(24(31)28-2)20-15-19(17-9-10-17)23(29-25(20)36-22)30(37(3,34)35)14-4-11-27(12-13-27)26(32)33/h5-8,15,17H,4,9-14H2,1-3H3,(H,28,31)(H,32,33). The number of carboxylic acid groups (broad SMARTS) is 1. The molecule has 0 atom stereocenters. The molecule has 2 heterocycles. The highest BCUT2D eigenvalue weighted by molar-refractivity contribution is 7.92. The molecule has 0 aliphatic heterocycles. The van der Waals surface area contributed by atoms with E-state index in [1.54, 1.807) is 7.05 Å². The second kappa shape index (κ2) is 9.16. The molecule has 3 aromatic rings. The Balaban J connectivity index is 1.61. The van der Waals surface area contributed by atoms with Crippen LogP contribution in [0.5, 0.6) is 0 Å². The van der Waals surface area contributed by atoms with E-state index >= 15 is 0 Å². The molecule has 196 valence electrons. The van der Waals surface area contributed by atoms with Crippen molar-refractivity contribution in [3.8, 4) is 11.3 Å². The number of nitrogens with zero attached hydrogens (tertiary/aromatic N) is 2. The smallest absolute Gasteiger partial charge is 0.309 e. The molecule has 0 bridgehead atoms. The molecule has 0 spiro atoms. The number of amides is 1. The molecule has 2 aliphatic rings. The summed E-state index contributed by atoms with van der Waals surface area (Å²) in [5.74, 6) is -0.319. The maximum absolute atomic E-state index is 13.0. The second-order valence-electron chi connectivity index (χ2n) is 10.3. The lowest BCUT2D eigenvalue weighted by atomic mass is 10.0. The number of sulfonamides is 1. The number of rotatable bonds is 10. The molecule has 2 aliphatic carbocycles. The lowest BCUT2D eigenvalue weighted by molar-refractivity contribution is -0.143. The Morgan fingerprint density at radius 1 is 1.22 bits per heavy atom. The molecule has 2 saturated carbocycles. The van der Waals surface area contributed by atoms with Crippen LogP contribution in [0.3, 0.4) is 0 Å². The van der Waals surface area contributed by atoms with Crippen molar-refractivity contribution in [2.45, 2.75) is 51.4 Å². The van der Waals surface area contributed by atoms with Gasteiger partial charge in [0.05, 0.1) is 22.6 Å². The van der Waals surface area contributed by atoms with Crippen molar-refractivity contribution in [3.63, 3.8) is 0 Å². The Bertz CT molecular complexity index is 1480. The molecule has 1 aromatic carbocycles. The van der Waals surface area contributed by atoms with Crippen LogP contribution in [0.2, 0.25) is 0 Å². The summed E-state index contributed by atoms with van der Waals surface area (Å²) < 4.78 is 33.3. The third kappa shape index (κ3) is 4.82. The summed E-state index contributed by atoms with van der Waals surface area (Å²) in [6.07, 6.45) is 4.99. The Kier molecular flexibility index (Phi) is 6.26. The number of aromatic nitrogens is 1. The van der Waals surface area contributed by atoms with Gasteiger partial charge in [-0.05, 0) is 63.0 Å². The zero-order valence-electron chi connectivity index (χ0n) is 21.2. The van der Waals surface area contributed by atoms with Crippen molar-refractivity contribution >= 4 is 38.8 Å². The van der Waals surface area contributed by atoms with E-state index in [1.165, 1.54) is 4.31 Å². The fraction of sp³-hybridized carbons (Fsp3) is 0.444. The average Bonchev–Trinajstić information content (AvgIpc) is 3.77. The minimum absolute atomic E-state index is 0.125. The van der Waals surface area contributed by atoms with E-state index < -0.39 is 21.4 Å². The summed E-state index contributed by atoms with van der Waals surface area (Å²) in [5, 5.41) is 12.7. The van der Waals surface area contributed by atoms with Gasteiger partial charge in [0, 0.05) is 19.2 Å². The highest BCUT2D eigenvalue weighted by atomic mass is 32.2. The van der Waals surface area contributed by atoms with Crippen LogP contribution in [0.1, 0.15) is 65.9 Å². The van der Waals surface area contributed by atoms with Crippen LogP contribution in [-0.4, -0.2) is 50.2 Å². The van der Waals surface area contributed by atoms with Crippen LogP contribution in [0, 0.1) is 12.3 Å². The predicted octanol–water partition coefficient (Wildman–Crippen LogP) is 4.45. The van der Waals surface area contributed by atoms with Gasteiger partial charge in [0.25, 0.3) is 5.91 Å². The average molecular weight is 526 g/mol. The Hall–Kier alpha value is -3.40. The molecule has 0 unspecified atom stereocenters. The van der Waals surface area contributed by atoms with Crippen molar-refractivity contribution in [2.24, 2.45) is 5.41 Å². The first-order valence-electron chi connectivity index (χ1n) is 12.5. The van der Waals surface area contributed by atoms with Crippen molar-refractivity contribution in [3.05, 3.63) is 47.0 Å². The van der Waals surface area contributed by atoms with E-state index in [2.05, 4.69) is 5.32 Å². The molecule has 9 nitrogen and oxygen atoms in total. The number of furan rings is 1. The molecule has 37 heavy (non-hydrogen) atoms. The van der Waals surface area contributed by atoms with E-state index in [9.17, 15) is 23.1 Å². The number of benzene rings is 1. The van der Waals surface area contributed by atoms with Gasteiger partial charge in [0.1, 0.15) is 11.6 Å². The number of hydrogen-bond acceptors (Lipinski definition) is 6. The zero-order valence-corrected chi connectivity index (χ0v) is 22.0. The topological polar surface area (TPSA) is 130 Å². The molecule has 0 saturated heterocycles. The Labute approximate surface area is 215 Å². The lowest BCUT2D eigenvalue weighted by Gasteiger charge is -2.24. The molecule has 2 aromatic heterocycles. The van der Waals surface area contributed by atoms with Gasteiger partial charge in [-0.25, -0.2) is 8.42 Å². The molecule has 2 N–H and O–H groups in total. The van der Waals surface area contributed by atoms with Gasteiger partial charge in [0.2, 0.25) is 15.7 Å². The van der Waals surface area contributed by atoms with Crippen LogP contribution in [0.4, 0.5) is 5.82 Å². The van der Waals surface area contributed by atoms with Crippen LogP contribution >= 0.6 is 0 Å². The summed E-state index contributed by atoms with van der Waals surface area (Å²) >= 11 is 0. The minimum atomic E-state index is -3.71. The fourth-order valence-electron chi connectivity index (χ4n) is 4.89. The van der Waals surface area contributed by atoms with E-state index in [4.69, 9.17) is 9.40 Å². The van der Waals surface area contributed by atoms with Gasteiger partial charge >= 0.3 is 5.97 Å². The predicted molar refractivity (Wildman–Crippen MR) is 140 cm³/mol. The number of fused-ring (bicyclic) bond motifs is 1. The Morgan fingerprint density at radius 3 is 2.43 bits per heavy atom. The molecular weight excluding hydrogens is 494 g/mol. The summed E-state index contributed by atoms with van der Waals surface area (Å²) in [6.45, 7) is 2.10. The molecular formula is C27H31N3O6S. The molecule has 0 radical (unpaired) electrons. The molecule has 1 amide bonds. The first-order chi connectivity index (χ1) is 17.5. The normalized spacial score (nSPS) is 16.5. The summed E-state index contributed by atoms with van der Waals surface area (Å²) in [6, 6.07) is 9.46. The summed E-state index contributed by atoms with van der Waals surface area (Å²) in [4.78, 5) is 29.2. The monoisotopic (exact) mass is 525 g/mol. The van der Waals surface area contributed by atoms with E-state index in [0.29, 0.717) is 48.2 Å². The van der Waals surface area contributed by atoms with Gasteiger partial charge in [0.15, 0.2) is 0 Å². The number of pyridine rings is 1. The number of carboxylic acids is 1. The van der Waals surface area contributed by atoms with Gasteiger partial charge in [-0.15, -0.1) is 0 Å². The first kappa shape index (κ1) is 25.3. The van der Waals surface area contributed by atoms with Crippen molar-refractivity contribution in [1.82, 2.24) is 10.3 Å². The summed E-state index contributed by atoms with van der Waals surface area (Å²) in [7, 11) is -2.16. The van der Waals surface area contributed by atoms with Gasteiger partial charge in [-0.3, -0.25) is 13.9 Å². The molecule has 5 rings (SSSR count). The zero-order chi connectivity index (χ0) is 26.5. The number of carbonyl (C=O) groups excluding carboxylic acids is 1. The van der Waals surface area contributed by atoms with Gasteiger partial charge < -0.3 is 14.8 Å². The van der Waals surface area contributed by atoms with Gasteiger partial charge in [-0.1, -0.05) is 29.8 Å². The van der Waals surface area contributed by atoms with Crippen LogP contribution in [0.25, 0.3) is 22.4 Å². The highest BCUT2D eigenvalue weighted by Crippen LogP contribution is 2.50. The fourth-order valence-corrected chi connectivity index (χ4v) is 5.82. The quantitative estimate of drug-likeness (QED) is 0.400. The number of nitrogens with one attached hydrogen (secondary N) is 1. The molecule has 2 fully saturated rings. The van der Waals surface area contributed by atoms with Crippen LogP contribution in [0.15, 0.2) is 34.7 Å². The van der Waals surface area contributed by atoms with Crippen LogP contribution in [-0.2, 0) is 14.8 Å².